The largest absolute Gasteiger partial charge is 0.479 e. The number of allylic oxidation sites excluding steroid dienone is 1. The third-order valence-corrected chi connectivity index (χ3v) is 6.08. The van der Waals surface area contributed by atoms with Crippen LogP contribution in [0, 0.1) is 23.7 Å². The summed E-state index contributed by atoms with van der Waals surface area (Å²) in [6, 6.07) is 0. The van der Waals surface area contributed by atoms with Crippen LogP contribution in [-0.4, -0.2) is 28.3 Å². The van der Waals surface area contributed by atoms with Gasteiger partial charge >= 0.3 is 5.97 Å². The third kappa shape index (κ3) is 2.60. The summed E-state index contributed by atoms with van der Waals surface area (Å²) in [4.78, 5) is 36.4. The van der Waals surface area contributed by atoms with Crippen molar-refractivity contribution in [2.24, 2.45) is 23.7 Å². The second-order valence-electron chi connectivity index (χ2n) is 7.28. The quantitative estimate of drug-likeness (QED) is 0.814. The Morgan fingerprint density at radius 1 is 1.30 bits per heavy atom. The highest BCUT2D eigenvalue weighted by molar-refractivity contribution is 6.00. The molecule has 5 heteroatoms. The van der Waals surface area contributed by atoms with E-state index in [1.54, 1.807) is 0 Å². The van der Waals surface area contributed by atoms with Crippen molar-refractivity contribution in [3.05, 3.63) is 11.6 Å². The molecule has 3 aliphatic carbocycles. The van der Waals surface area contributed by atoms with Gasteiger partial charge in [-0.25, -0.2) is 4.79 Å². The Bertz CT molecular complexity index is 582. The van der Waals surface area contributed by atoms with Gasteiger partial charge in [0.15, 0.2) is 0 Å². The molecule has 3 aliphatic rings. The zero-order chi connectivity index (χ0) is 16.8. The lowest BCUT2D eigenvalue weighted by Crippen LogP contribution is -2.47. The summed E-state index contributed by atoms with van der Waals surface area (Å²) in [5, 5.41) is 12.3. The van der Waals surface area contributed by atoms with Crippen LogP contribution < -0.4 is 5.32 Å². The van der Waals surface area contributed by atoms with Gasteiger partial charge in [0.05, 0.1) is 0 Å². The van der Waals surface area contributed by atoms with Gasteiger partial charge in [-0.15, -0.1) is 0 Å². The minimum atomic E-state index is -1.09. The van der Waals surface area contributed by atoms with E-state index in [9.17, 15) is 19.5 Å². The number of carbonyl (C=O) groups is 3. The summed E-state index contributed by atoms with van der Waals surface area (Å²) >= 11 is 0. The molecular weight excluding hydrogens is 294 g/mol. The lowest BCUT2D eigenvalue weighted by molar-refractivity contribution is -0.143. The molecule has 0 heterocycles. The minimum Gasteiger partial charge on any atom is -0.479 e. The summed E-state index contributed by atoms with van der Waals surface area (Å²) < 4.78 is 0. The number of amides is 1. The standard InChI is InChI=1S/C18H25NO4/c1-3-10-7-13-12(5-6-15(13)20)14(8-10)16(21)19-18(17(22)23)9-11(18)4-2/h8,10-13H,3-7,9H2,1-2H3,(H,19,21)(H,22,23)/t10-,11+,12-,13-,18-/m0/s1. The summed E-state index contributed by atoms with van der Waals surface area (Å²) in [6.45, 7) is 4.00. The predicted octanol–water partition coefficient (Wildman–Crippen LogP) is 2.31. The molecule has 5 nitrogen and oxygen atoms in total. The van der Waals surface area contributed by atoms with E-state index >= 15 is 0 Å². The van der Waals surface area contributed by atoms with Crippen molar-refractivity contribution < 1.29 is 19.5 Å². The fourth-order valence-electron chi connectivity index (χ4n) is 4.44. The SMILES string of the molecule is CC[C@@H]1C=C(C(=O)N[C@@]2(C(=O)O)C[C@H]2CC)[C@H]2CCC(=O)[C@H]2C1. The molecule has 0 radical (unpaired) electrons. The van der Waals surface area contributed by atoms with E-state index in [0.717, 1.165) is 25.7 Å². The van der Waals surface area contributed by atoms with E-state index < -0.39 is 11.5 Å². The van der Waals surface area contributed by atoms with Crippen molar-refractivity contribution in [2.75, 3.05) is 0 Å². The first kappa shape index (κ1) is 16.2. The normalized spacial score (nSPS) is 38.7. The van der Waals surface area contributed by atoms with Gasteiger partial charge in [-0.05, 0) is 43.4 Å². The molecular formula is C18H25NO4. The summed E-state index contributed by atoms with van der Waals surface area (Å²) in [5.74, 6) is -0.774. The van der Waals surface area contributed by atoms with Crippen LogP contribution in [0.3, 0.4) is 0 Å². The maximum Gasteiger partial charge on any atom is 0.329 e. The van der Waals surface area contributed by atoms with E-state index in [1.807, 2.05) is 13.0 Å². The van der Waals surface area contributed by atoms with Crippen LogP contribution in [0.25, 0.3) is 0 Å². The van der Waals surface area contributed by atoms with E-state index in [1.165, 1.54) is 0 Å². The van der Waals surface area contributed by atoms with Crippen LogP contribution in [-0.2, 0) is 14.4 Å². The molecule has 0 aromatic heterocycles. The number of hydrogen-bond acceptors (Lipinski definition) is 3. The lowest BCUT2D eigenvalue weighted by Gasteiger charge is -2.30. The Morgan fingerprint density at radius 3 is 2.61 bits per heavy atom. The monoisotopic (exact) mass is 319 g/mol. The molecule has 3 rings (SSSR count). The molecule has 0 saturated heterocycles. The Balaban J connectivity index is 1.82. The second-order valence-corrected chi connectivity index (χ2v) is 7.28. The van der Waals surface area contributed by atoms with Crippen molar-refractivity contribution in [2.45, 2.75) is 57.9 Å². The average Bonchev–Trinajstić information content (AvgIpc) is 3.14. The molecule has 23 heavy (non-hydrogen) atoms. The Morgan fingerprint density at radius 2 is 2.04 bits per heavy atom. The van der Waals surface area contributed by atoms with Gasteiger partial charge in [0.1, 0.15) is 11.3 Å². The van der Waals surface area contributed by atoms with Crippen molar-refractivity contribution >= 4 is 17.7 Å². The average molecular weight is 319 g/mol. The van der Waals surface area contributed by atoms with Crippen molar-refractivity contribution in [3.63, 3.8) is 0 Å². The number of ketones is 1. The number of nitrogens with one attached hydrogen (secondary N) is 1. The molecule has 0 unspecified atom stereocenters. The van der Waals surface area contributed by atoms with E-state index in [4.69, 9.17) is 0 Å². The van der Waals surface area contributed by atoms with Crippen LogP contribution in [0.5, 0.6) is 0 Å². The first-order chi connectivity index (χ1) is 10.9. The zero-order valence-electron chi connectivity index (χ0n) is 13.8. The molecule has 126 valence electrons. The smallest absolute Gasteiger partial charge is 0.329 e. The van der Waals surface area contributed by atoms with Gasteiger partial charge in [0.2, 0.25) is 5.91 Å². The van der Waals surface area contributed by atoms with Gasteiger partial charge in [0.25, 0.3) is 0 Å². The highest BCUT2D eigenvalue weighted by Gasteiger charge is 2.61. The lowest BCUT2D eigenvalue weighted by atomic mass is 9.74. The molecule has 2 fully saturated rings. The highest BCUT2D eigenvalue weighted by atomic mass is 16.4. The Hall–Kier alpha value is -1.65. The zero-order valence-corrected chi connectivity index (χ0v) is 13.8. The van der Waals surface area contributed by atoms with Gasteiger partial charge in [0, 0.05) is 17.9 Å². The van der Waals surface area contributed by atoms with Gasteiger partial charge < -0.3 is 10.4 Å². The first-order valence-electron chi connectivity index (χ1n) is 8.73. The van der Waals surface area contributed by atoms with E-state index in [0.29, 0.717) is 18.4 Å². The maximum absolute atomic E-state index is 12.8. The Labute approximate surface area is 136 Å². The number of Topliss-reactive ketones (excluding diaryl/α,β-unsaturated/α-hetero) is 1. The van der Waals surface area contributed by atoms with Crippen LogP contribution in [0.2, 0.25) is 0 Å². The predicted molar refractivity (Wildman–Crippen MR) is 84.6 cm³/mol. The molecule has 0 spiro atoms. The van der Waals surface area contributed by atoms with E-state index in [2.05, 4.69) is 12.2 Å². The highest BCUT2D eigenvalue weighted by Crippen LogP contribution is 2.48. The molecule has 5 atom stereocenters. The molecule has 2 saturated carbocycles. The number of rotatable bonds is 5. The van der Waals surface area contributed by atoms with Crippen molar-refractivity contribution in [3.8, 4) is 0 Å². The minimum absolute atomic E-state index is 0.0103. The topological polar surface area (TPSA) is 83.5 Å². The first-order valence-corrected chi connectivity index (χ1v) is 8.73. The van der Waals surface area contributed by atoms with Crippen LogP contribution >= 0.6 is 0 Å². The van der Waals surface area contributed by atoms with Crippen molar-refractivity contribution in [1.29, 1.82) is 0 Å². The van der Waals surface area contributed by atoms with Crippen LogP contribution in [0.15, 0.2) is 11.6 Å². The number of fused-ring (bicyclic) bond motifs is 1. The third-order valence-electron chi connectivity index (χ3n) is 6.08. The summed E-state index contributed by atoms with van der Waals surface area (Å²) in [7, 11) is 0. The van der Waals surface area contributed by atoms with Gasteiger partial charge in [-0.2, -0.15) is 0 Å². The number of carbonyl (C=O) groups excluding carboxylic acids is 2. The Kier molecular flexibility index (Phi) is 4.07. The van der Waals surface area contributed by atoms with Crippen LogP contribution in [0.1, 0.15) is 52.4 Å². The second kappa shape index (κ2) is 5.77. The van der Waals surface area contributed by atoms with E-state index in [-0.39, 0.29) is 35.4 Å². The molecule has 1 amide bonds. The van der Waals surface area contributed by atoms with Gasteiger partial charge in [-0.1, -0.05) is 26.3 Å². The fourth-order valence-corrected chi connectivity index (χ4v) is 4.44. The molecule has 0 bridgehead atoms. The molecule has 0 aliphatic heterocycles. The van der Waals surface area contributed by atoms with Crippen LogP contribution in [0.4, 0.5) is 0 Å². The number of carboxylic acid groups (broad SMARTS) is 1. The maximum atomic E-state index is 12.8. The number of carboxylic acids is 1. The molecule has 0 aromatic rings. The van der Waals surface area contributed by atoms with Gasteiger partial charge in [-0.3, -0.25) is 9.59 Å². The summed E-state index contributed by atoms with van der Waals surface area (Å²) in [6.07, 6.45) is 6.23. The van der Waals surface area contributed by atoms with Crippen molar-refractivity contribution in [1.82, 2.24) is 5.32 Å². The number of hydrogen-bond donors (Lipinski definition) is 2. The summed E-state index contributed by atoms with van der Waals surface area (Å²) in [5.41, 5.74) is -0.439. The molecule has 0 aromatic carbocycles. The number of aliphatic carboxylic acids is 1. The molecule has 2 N–H and O–H groups in total. The fraction of sp³-hybridized carbons (Fsp3) is 0.722.